The summed E-state index contributed by atoms with van der Waals surface area (Å²) < 4.78 is 27.3. The third-order valence-electron chi connectivity index (χ3n) is 8.89. The van der Waals surface area contributed by atoms with Gasteiger partial charge in [0.1, 0.15) is 11.6 Å². The number of nitrogens with zero attached hydrogens (tertiary/aromatic N) is 3. The summed E-state index contributed by atoms with van der Waals surface area (Å²) in [7, 11) is 0. The topological polar surface area (TPSA) is 38.8 Å². The first-order valence-corrected chi connectivity index (χ1v) is 15.7. The summed E-state index contributed by atoms with van der Waals surface area (Å²) in [5, 5.41) is 3.14. The summed E-state index contributed by atoms with van der Waals surface area (Å²) in [6, 6.07) is 29.8. The van der Waals surface area contributed by atoms with E-state index in [4.69, 9.17) is 0 Å². The quantitative estimate of drug-likeness (QED) is 0.256. The summed E-state index contributed by atoms with van der Waals surface area (Å²) in [6.07, 6.45) is 2.16. The standard InChI is InChI=1S/C37H40F2N4O/c38-34-14-10-30(11-15-34)36(31-12-16-35(39)17-13-31)43-23-21-41(22-24-43)20-18-40-37(44)32-9-8-29-7-4-19-42(27-33(29)25-32)26-28-5-2-1-3-6-28/h1-3,5-6,8-17,25,36H,4,7,18-24,26-27H2,(H,40,44). The summed E-state index contributed by atoms with van der Waals surface area (Å²) in [5.74, 6) is -0.568. The first-order chi connectivity index (χ1) is 21.5. The Morgan fingerprint density at radius 3 is 2.05 bits per heavy atom. The highest BCUT2D eigenvalue weighted by molar-refractivity contribution is 5.94. The normalized spacial score (nSPS) is 16.4. The number of hydrogen-bond acceptors (Lipinski definition) is 4. The molecule has 1 N–H and O–H groups in total. The minimum atomic E-state index is -0.269. The lowest BCUT2D eigenvalue weighted by atomic mass is 9.96. The zero-order valence-corrected chi connectivity index (χ0v) is 25.1. The van der Waals surface area contributed by atoms with Gasteiger partial charge in [-0.3, -0.25) is 19.5 Å². The molecule has 0 bridgehead atoms. The van der Waals surface area contributed by atoms with Crippen molar-refractivity contribution in [2.75, 3.05) is 45.8 Å². The van der Waals surface area contributed by atoms with Crippen molar-refractivity contribution in [3.63, 3.8) is 0 Å². The highest BCUT2D eigenvalue weighted by Crippen LogP contribution is 2.30. The predicted octanol–water partition coefficient (Wildman–Crippen LogP) is 6.05. The van der Waals surface area contributed by atoms with Crippen molar-refractivity contribution in [1.29, 1.82) is 0 Å². The number of carbonyl (C=O) groups is 1. The van der Waals surface area contributed by atoms with Gasteiger partial charge in [-0.25, -0.2) is 8.78 Å². The Morgan fingerprint density at radius 1 is 0.727 bits per heavy atom. The lowest BCUT2D eigenvalue weighted by molar-refractivity contribution is 0.0920. The number of benzene rings is 4. The molecule has 0 spiro atoms. The van der Waals surface area contributed by atoms with Gasteiger partial charge in [-0.15, -0.1) is 0 Å². The Labute approximate surface area is 259 Å². The van der Waals surface area contributed by atoms with E-state index < -0.39 is 0 Å². The van der Waals surface area contributed by atoms with E-state index >= 15 is 0 Å². The molecule has 4 aromatic carbocycles. The minimum Gasteiger partial charge on any atom is -0.351 e. The molecule has 5 nitrogen and oxygen atoms in total. The summed E-state index contributed by atoms with van der Waals surface area (Å²) in [5.41, 5.74) is 6.60. The fraction of sp³-hybridized carbons (Fsp3) is 0.324. The van der Waals surface area contributed by atoms with Gasteiger partial charge in [-0.2, -0.15) is 0 Å². The summed E-state index contributed by atoms with van der Waals surface area (Å²) in [4.78, 5) is 20.3. The van der Waals surface area contributed by atoms with Gasteiger partial charge in [0.05, 0.1) is 6.04 Å². The zero-order valence-electron chi connectivity index (χ0n) is 25.1. The smallest absolute Gasteiger partial charge is 0.251 e. The molecule has 228 valence electrons. The molecule has 4 aromatic rings. The van der Waals surface area contributed by atoms with E-state index in [1.165, 1.54) is 41.0 Å². The Kier molecular flexibility index (Phi) is 9.76. The second kappa shape index (κ2) is 14.2. The number of piperazine rings is 1. The van der Waals surface area contributed by atoms with Crippen LogP contribution >= 0.6 is 0 Å². The van der Waals surface area contributed by atoms with E-state index in [0.29, 0.717) is 6.54 Å². The van der Waals surface area contributed by atoms with Gasteiger partial charge in [0.25, 0.3) is 5.91 Å². The van der Waals surface area contributed by atoms with Gasteiger partial charge in [-0.1, -0.05) is 60.7 Å². The van der Waals surface area contributed by atoms with Gasteiger partial charge in [-0.05, 0) is 83.6 Å². The number of aryl methyl sites for hydroxylation is 1. The van der Waals surface area contributed by atoms with Crippen molar-refractivity contribution in [1.82, 2.24) is 20.0 Å². The first-order valence-electron chi connectivity index (χ1n) is 15.7. The minimum absolute atomic E-state index is 0.0297. The fourth-order valence-corrected chi connectivity index (χ4v) is 6.53. The fourth-order valence-electron chi connectivity index (χ4n) is 6.53. The molecule has 0 radical (unpaired) electrons. The molecule has 0 saturated carbocycles. The number of amides is 1. The second-order valence-electron chi connectivity index (χ2n) is 11.9. The Morgan fingerprint density at radius 2 is 1.39 bits per heavy atom. The zero-order chi connectivity index (χ0) is 30.3. The third-order valence-corrected chi connectivity index (χ3v) is 8.89. The molecule has 1 fully saturated rings. The van der Waals surface area contributed by atoms with Crippen molar-refractivity contribution in [3.8, 4) is 0 Å². The Bertz CT molecular complexity index is 1470. The molecule has 0 aromatic heterocycles. The molecule has 2 aliphatic heterocycles. The molecule has 0 atom stereocenters. The maximum absolute atomic E-state index is 13.7. The van der Waals surface area contributed by atoms with E-state index in [-0.39, 0.29) is 23.6 Å². The van der Waals surface area contributed by atoms with E-state index in [2.05, 4.69) is 56.4 Å². The van der Waals surface area contributed by atoms with Crippen molar-refractivity contribution in [2.45, 2.75) is 32.0 Å². The number of carbonyl (C=O) groups excluding carboxylic acids is 1. The van der Waals surface area contributed by atoms with E-state index in [0.717, 1.165) is 81.9 Å². The molecule has 2 aliphatic rings. The number of nitrogens with one attached hydrogen (secondary N) is 1. The summed E-state index contributed by atoms with van der Waals surface area (Å²) in [6.45, 7) is 7.51. The molecule has 0 aliphatic carbocycles. The highest BCUT2D eigenvalue weighted by Gasteiger charge is 2.26. The number of halogens is 2. The largest absolute Gasteiger partial charge is 0.351 e. The van der Waals surface area contributed by atoms with Crippen LogP contribution in [0.25, 0.3) is 0 Å². The molecule has 1 saturated heterocycles. The van der Waals surface area contributed by atoms with E-state index in [9.17, 15) is 13.6 Å². The van der Waals surface area contributed by atoms with Gasteiger partial charge in [0.15, 0.2) is 0 Å². The predicted molar refractivity (Wildman–Crippen MR) is 170 cm³/mol. The van der Waals surface area contributed by atoms with Crippen molar-refractivity contribution >= 4 is 5.91 Å². The molecule has 1 amide bonds. The maximum atomic E-state index is 13.7. The van der Waals surface area contributed by atoms with Crippen LogP contribution in [0.3, 0.4) is 0 Å². The van der Waals surface area contributed by atoms with Crippen LogP contribution in [0.5, 0.6) is 0 Å². The highest BCUT2D eigenvalue weighted by atomic mass is 19.1. The van der Waals surface area contributed by atoms with Crippen LogP contribution in [0.2, 0.25) is 0 Å². The van der Waals surface area contributed by atoms with Gasteiger partial charge >= 0.3 is 0 Å². The lowest BCUT2D eigenvalue weighted by Gasteiger charge is -2.39. The Hall–Kier alpha value is -3.91. The maximum Gasteiger partial charge on any atom is 0.251 e. The molecule has 0 unspecified atom stereocenters. The van der Waals surface area contributed by atoms with Crippen molar-refractivity contribution in [2.24, 2.45) is 0 Å². The third kappa shape index (κ3) is 7.59. The van der Waals surface area contributed by atoms with E-state index in [1.807, 2.05) is 36.4 Å². The first kappa shape index (κ1) is 30.1. The van der Waals surface area contributed by atoms with Crippen LogP contribution in [-0.4, -0.2) is 66.4 Å². The van der Waals surface area contributed by atoms with Crippen molar-refractivity contribution < 1.29 is 13.6 Å². The van der Waals surface area contributed by atoms with E-state index in [1.54, 1.807) is 0 Å². The SMILES string of the molecule is O=C(NCCN1CCN(C(c2ccc(F)cc2)c2ccc(F)cc2)CC1)c1ccc2c(c1)CN(Cc1ccccc1)CCC2. The monoisotopic (exact) mass is 594 g/mol. The lowest BCUT2D eigenvalue weighted by Crippen LogP contribution is -2.49. The number of fused-ring (bicyclic) bond motifs is 1. The van der Waals surface area contributed by atoms with Crippen LogP contribution in [-0.2, 0) is 19.5 Å². The van der Waals surface area contributed by atoms with Crippen LogP contribution in [0.4, 0.5) is 8.78 Å². The second-order valence-corrected chi connectivity index (χ2v) is 11.9. The van der Waals surface area contributed by atoms with Gasteiger partial charge in [0, 0.05) is 57.9 Å². The average molecular weight is 595 g/mol. The number of hydrogen-bond donors (Lipinski definition) is 1. The van der Waals surface area contributed by atoms with Crippen LogP contribution < -0.4 is 5.32 Å². The van der Waals surface area contributed by atoms with Crippen LogP contribution in [0.15, 0.2) is 97.1 Å². The molecule has 2 heterocycles. The van der Waals surface area contributed by atoms with Gasteiger partial charge < -0.3 is 5.32 Å². The van der Waals surface area contributed by atoms with Crippen LogP contribution in [0.1, 0.15) is 50.6 Å². The molecule has 6 rings (SSSR count). The molecular formula is C37H40F2N4O. The average Bonchev–Trinajstić information content (AvgIpc) is 3.25. The molecular weight excluding hydrogens is 554 g/mol. The molecule has 7 heteroatoms. The summed E-state index contributed by atoms with van der Waals surface area (Å²) >= 11 is 0. The number of rotatable bonds is 9. The Balaban J connectivity index is 1.02. The molecule has 44 heavy (non-hydrogen) atoms. The van der Waals surface area contributed by atoms with Crippen molar-refractivity contribution in [3.05, 3.63) is 142 Å². The van der Waals surface area contributed by atoms with Gasteiger partial charge in [0.2, 0.25) is 0 Å². The van der Waals surface area contributed by atoms with Crippen LogP contribution in [0, 0.1) is 11.6 Å².